The number of nitrogens with zero attached hydrogens (tertiary/aromatic N) is 4. The van der Waals surface area contributed by atoms with E-state index in [-0.39, 0.29) is 18.0 Å². The van der Waals surface area contributed by atoms with Crippen LogP contribution in [0.2, 0.25) is 0 Å². The summed E-state index contributed by atoms with van der Waals surface area (Å²) in [5, 5.41) is 6.73. The molecule has 0 bridgehead atoms. The van der Waals surface area contributed by atoms with E-state index < -0.39 is 0 Å². The van der Waals surface area contributed by atoms with Crippen LogP contribution in [0.4, 0.5) is 0 Å². The summed E-state index contributed by atoms with van der Waals surface area (Å²) in [4.78, 5) is 31.4. The molecule has 6 nitrogen and oxygen atoms in total. The highest BCUT2D eigenvalue weighted by Gasteiger charge is 2.15. The molecule has 6 heteroatoms. The van der Waals surface area contributed by atoms with Crippen molar-refractivity contribution in [2.45, 2.75) is 20.0 Å². The molecule has 0 fully saturated rings. The average Bonchev–Trinajstić information content (AvgIpc) is 2.72. The molecule has 1 amide bonds. The molecule has 0 aliphatic carbocycles. The Balaban J connectivity index is 1.59. The minimum atomic E-state index is -0.252. The number of benzene rings is 2. The van der Waals surface area contributed by atoms with Crippen LogP contribution in [0.1, 0.15) is 11.3 Å². The van der Waals surface area contributed by atoms with Crippen LogP contribution < -0.4 is 5.56 Å². The highest BCUT2D eigenvalue weighted by molar-refractivity contribution is 5.84. The lowest BCUT2D eigenvalue weighted by Crippen LogP contribution is -2.35. The molecule has 0 atom stereocenters. The minimum Gasteiger partial charge on any atom is -0.340 e. The number of pyridine rings is 1. The molecule has 0 spiro atoms. The quantitative estimate of drug-likeness (QED) is 0.552. The molecule has 2 heterocycles. The van der Waals surface area contributed by atoms with Crippen molar-refractivity contribution in [3.63, 3.8) is 0 Å². The van der Waals surface area contributed by atoms with Crippen molar-refractivity contribution in [2.75, 3.05) is 7.05 Å². The number of hydrogen-bond donors (Lipinski definition) is 0. The van der Waals surface area contributed by atoms with E-state index in [1.54, 1.807) is 24.2 Å². The van der Waals surface area contributed by atoms with E-state index in [0.29, 0.717) is 11.9 Å². The van der Waals surface area contributed by atoms with E-state index in [1.807, 2.05) is 55.5 Å². The van der Waals surface area contributed by atoms with Gasteiger partial charge in [0.2, 0.25) is 5.91 Å². The molecular formula is C22H20N4O2. The molecule has 0 saturated carbocycles. The summed E-state index contributed by atoms with van der Waals surface area (Å²) in [6, 6.07) is 17.1. The topological polar surface area (TPSA) is 68.1 Å². The molecule has 0 saturated heterocycles. The van der Waals surface area contributed by atoms with Gasteiger partial charge >= 0.3 is 0 Å². The fourth-order valence-corrected chi connectivity index (χ4v) is 3.41. The van der Waals surface area contributed by atoms with Crippen LogP contribution in [-0.4, -0.2) is 32.6 Å². The van der Waals surface area contributed by atoms with Crippen molar-refractivity contribution in [1.82, 2.24) is 19.7 Å². The second kappa shape index (κ2) is 7.23. The third-order valence-corrected chi connectivity index (χ3v) is 4.91. The predicted octanol–water partition coefficient (Wildman–Crippen LogP) is 2.91. The maximum atomic E-state index is 12.8. The number of carbonyl (C=O) groups excluding carboxylic acids is 1. The zero-order valence-corrected chi connectivity index (χ0v) is 15.8. The Kier molecular flexibility index (Phi) is 4.61. The fourth-order valence-electron chi connectivity index (χ4n) is 3.41. The summed E-state index contributed by atoms with van der Waals surface area (Å²) in [5.41, 5.74) is 2.38. The number of aromatic nitrogens is 3. The Morgan fingerprint density at radius 2 is 1.75 bits per heavy atom. The van der Waals surface area contributed by atoms with E-state index in [4.69, 9.17) is 0 Å². The summed E-state index contributed by atoms with van der Waals surface area (Å²) < 4.78 is 1.25. The standard InChI is InChI=1S/C22H20N4O2/c1-15-17-8-3-4-9-19(17)22(28)26(24-15)14-21(27)25(2)13-16-7-5-11-20-18(16)10-6-12-23-20/h3-12H,13-14H2,1-2H3. The van der Waals surface area contributed by atoms with Crippen molar-refractivity contribution >= 4 is 27.6 Å². The summed E-state index contributed by atoms with van der Waals surface area (Å²) in [6.07, 6.45) is 1.75. The summed E-state index contributed by atoms with van der Waals surface area (Å²) in [7, 11) is 1.73. The predicted molar refractivity (Wildman–Crippen MR) is 109 cm³/mol. The molecular weight excluding hydrogens is 352 g/mol. The van der Waals surface area contributed by atoms with Crippen molar-refractivity contribution in [1.29, 1.82) is 0 Å². The lowest BCUT2D eigenvalue weighted by Gasteiger charge is -2.19. The second-order valence-corrected chi connectivity index (χ2v) is 6.83. The zero-order chi connectivity index (χ0) is 19.7. The fraction of sp³-hybridized carbons (Fsp3) is 0.182. The molecule has 2 aromatic carbocycles. The number of likely N-dealkylation sites (N-methyl/N-ethyl adjacent to an activating group) is 1. The van der Waals surface area contributed by atoms with Gasteiger partial charge in [-0.05, 0) is 30.7 Å². The first-order valence-corrected chi connectivity index (χ1v) is 9.07. The number of hydrogen-bond acceptors (Lipinski definition) is 4. The van der Waals surface area contributed by atoms with Gasteiger partial charge < -0.3 is 4.90 Å². The molecule has 2 aromatic heterocycles. The van der Waals surface area contributed by atoms with Crippen molar-refractivity contribution in [2.24, 2.45) is 0 Å². The summed E-state index contributed by atoms with van der Waals surface area (Å²) in [6.45, 7) is 2.18. The van der Waals surface area contributed by atoms with E-state index in [2.05, 4.69) is 10.1 Å². The number of rotatable bonds is 4. The molecule has 4 rings (SSSR count). The lowest BCUT2D eigenvalue weighted by atomic mass is 10.1. The van der Waals surface area contributed by atoms with Gasteiger partial charge in [0.15, 0.2) is 0 Å². The van der Waals surface area contributed by atoms with Gasteiger partial charge in [0.05, 0.1) is 16.6 Å². The van der Waals surface area contributed by atoms with Crippen LogP contribution in [0.3, 0.4) is 0 Å². The molecule has 0 N–H and O–H groups in total. The van der Waals surface area contributed by atoms with Crippen molar-refractivity contribution < 1.29 is 4.79 Å². The first-order valence-electron chi connectivity index (χ1n) is 9.07. The number of fused-ring (bicyclic) bond motifs is 2. The van der Waals surface area contributed by atoms with E-state index >= 15 is 0 Å². The molecule has 0 unspecified atom stereocenters. The Morgan fingerprint density at radius 3 is 2.57 bits per heavy atom. The molecule has 0 aliphatic heterocycles. The van der Waals surface area contributed by atoms with Crippen LogP contribution in [0, 0.1) is 6.92 Å². The Morgan fingerprint density at radius 1 is 1.00 bits per heavy atom. The first-order chi connectivity index (χ1) is 13.5. The van der Waals surface area contributed by atoms with Gasteiger partial charge in [-0.2, -0.15) is 5.10 Å². The van der Waals surface area contributed by atoms with Crippen LogP contribution in [0.25, 0.3) is 21.7 Å². The SMILES string of the molecule is Cc1nn(CC(=O)N(C)Cc2cccc3ncccc23)c(=O)c2ccccc12. The average molecular weight is 372 g/mol. The number of carbonyl (C=O) groups is 1. The van der Waals surface area contributed by atoms with E-state index in [9.17, 15) is 9.59 Å². The monoisotopic (exact) mass is 372 g/mol. The van der Waals surface area contributed by atoms with Crippen LogP contribution in [0.5, 0.6) is 0 Å². The smallest absolute Gasteiger partial charge is 0.275 e. The van der Waals surface area contributed by atoms with Gasteiger partial charge in [0, 0.05) is 30.6 Å². The Hall–Kier alpha value is -3.54. The maximum absolute atomic E-state index is 12.8. The Bertz CT molecular complexity index is 1240. The van der Waals surface area contributed by atoms with E-state index in [1.165, 1.54) is 4.68 Å². The van der Waals surface area contributed by atoms with Gasteiger partial charge in [-0.1, -0.05) is 36.4 Å². The maximum Gasteiger partial charge on any atom is 0.275 e. The van der Waals surface area contributed by atoms with Crippen LogP contribution >= 0.6 is 0 Å². The third-order valence-electron chi connectivity index (χ3n) is 4.91. The van der Waals surface area contributed by atoms with E-state index in [0.717, 1.165) is 27.5 Å². The zero-order valence-electron chi connectivity index (χ0n) is 15.8. The molecule has 140 valence electrons. The first kappa shape index (κ1) is 17.9. The van der Waals surface area contributed by atoms with Gasteiger partial charge in [0.1, 0.15) is 6.54 Å². The van der Waals surface area contributed by atoms with Crippen molar-refractivity contribution in [3.8, 4) is 0 Å². The number of amides is 1. The summed E-state index contributed by atoms with van der Waals surface area (Å²) >= 11 is 0. The third kappa shape index (κ3) is 3.24. The highest BCUT2D eigenvalue weighted by atomic mass is 16.2. The van der Waals surface area contributed by atoms with Gasteiger partial charge in [0.25, 0.3) is 5.56 Å². The van der Waals surface area contributed by atoms with Gasteiger partial charge in [-0.15, -0.1) is 0 Å². The normalized spacial score (nSPS) is 11.1. The largest absolute Gasteiger partial charge is 0.340 e. The molecule has 4 aromatic rings. The van der Waals surface area contributed by atoms with Gasteiger partial charge in [-0.3, -0.25) is 14.6 Å². The van der Waals surface area contributed by atoms with Crippen molar-refractivity contribution in [3.05, 3.63) is 82.4 Å². The summed E-state index contributed by atoms with van der Waals surface area (Å²) in [5.74, 6) is -0.176. The molecule has 28 heavy (non-hydrogen) atoms. The molecule has 0 aliphatic rings. The minimum absolute atomic E-state index is 0.0932. The second-order valence-electron chi connectivity index (χ2n) is 6.83. The van der Waals surface area contributed by atoms with Crippen LogP contribution in [-0.2, 0) is 17.9 Å². The van der Waals surface area contributed by atoms with Gasteiger partial charge in [-0.25, -0.2) is 4.68 Å². The highest BCUT2D eigenvalue weighted by Crippen LogP contribution is 2.18. The molecule has 0 radical (unpaired) electrons. The lowest BCUT2D eigenvalue weighted by molar-refractivity contribution is -0.131. The van der Waals surface area contributed by atoms with Crippen LogP contribution in [0.15, 0.2) is 65.6 Å². The Labute approximate surface area is 162 Å². The number of aryl methyl sites for hydroxylation is 1.